The molecule has 1 aliphatic heterocycles. The van der Waals surface area contributed by atoms with Crippen LogP contribution in [0.2, 0.25) is 0 Å². The highest BCUT2D eigenvalue weighted by molar-refractivity contribution is 7.54. The molecule has 2 aromatic carbocycles. The number of allylic oxidation sites excluding steroid dienone is 1. The van der Waals surface area contributed by atoms with Crippen LogP contribution in [-0.4, -0.2) is 63.5 Å². The maximum atomic E-state index is 14.9. The summed E-state index contributed by atoms with van der Waals surface area (Å²) in [6.45, 7) is 11.3. The zero-order valence-electron chi connectivity index (χ0n) is 26.8. The summed E-state index contributed by atoms with van der Waals surface area (Å²) in [5.74, 6) is -4.00. The lowest BCUT2D eigenvalue weighted by molar-refractivity contribution is 0.0385. The summed E-state index contributed by atoms with van der Waals surface area (Å²) >= 11 is 0. The second-order valence-corrected chi connectivity index (χ2v) is 12.9. The van der Waals surface area contributed by atoms with Crippen molar-refractivity contribution in [3.8, 4) is 0 Å². The molecule has 0 bridgehead atoms. The van der Waals surface area contributed by atoms with E-state index >= 15 is 0 Å². The van der Waals surface area contributed by atoms with Crippen molar-refractivity contribution in [1.82, 2.24) is 0 Å². The van der Waals surface area contributed by atoms with Gasteiger partial charge in [0.15, 0.2) is 0 Å². The Bertz CT molecular complexity index is 1420. The van der Waals surface area contributed by atoms with Crippen molar-refractivity contribution in [1.29, 1.82) is 0 Å². The molecule has 11 nitrogen and oxygen atoms in total. The Balaban J connectivity index is 2.74. The summed E-state index contributed by atoms with van der Waals surface area (Å²) in [6.07, 6.45) is 2.92. The zero-order chi connectivity index (χ0) is 33.4. The molecule has 1 saturated heterocycles. The topological polar surface area (TPSA) is 141 Å². The third kappa shape index (κ3) is 7.72. The van der Waals surface area contributed by atoms with Crippen molar-refractivity contribution in [2.75, 3.05) is 39.6 Å². The monoisotopic (exact) mass is 644 g/mol. The Morgan fingerprint density at radius 3 is 1.53 bits per heavy atom. The number of hydrogen-bond donors (Lipinski definition) is 0. The van der Waals surface area contributed by atoms with Crippen LogP contribution in [0.15, 0.2) is 36.4 Å². The summed E-state index contributed by atoms with van der Waals surface area (Å²) in [7, 11) is -4.32. The van der Waals surface area contributed by atoms with Gasteiger partial charge in [0, 0.05) is 16.5 Å². The van der Waals surface area contributed by atoms with Gasteiger partial charge < -0.3 is 28.0 Å². The van der Waals surface area contributed by atoms with Crippen molar-refractivity contribution in [3.63, 3.8) is 0 Å². The molecule has 1 unspecified atom stereocenters. The van der Waals surface area contributed by atoms with E-state index in [1.165, 1.54) is 12.2 Å². The van der Waals surface area contributed by atoms with Crippen LogP contribution in [0.1, 0.15) is 112 Å². The molecule has 12 heteroatoms. The van der Waals surface area contributed by atoms with Crippen LogP contribution in [0, 0.1) is 5.41 Å². The van der Waals surface area contributed by atoms with E-state index in [1.54, 1.807) is 65.0 Å². The predicted molar refractivity (Wildman–Crippen MR) is 167 cm³/mol. The van der Waals surface area contributed by atoms with Crippen LogP contribution >= 0.6 is 7.60 Å². The molecule has 244 valence electrons. The highest BCUT2D eigenvalue weighted by Crippen LogP contribution is 2.67. The number of carbonyl (C=O) groups is 4. The number of rotatable bonds is 12. The van der Waals surface area contributed by atoms with Crippen molar-refractivity contribution >= 4 is 37.5 Å². The van der Waals surface area contributed by atoms with Crippen LogP contribution in [0.4, 0.5) is 0 Å². The fraction of sp³-hybridized carbons (Fsp3) is 0.455. The summed E-state index contributed by atoms with van der Waals surface area (Å²) < 4.78 is 48.6. The Hall–Kier alpha value is -3.79. The fourth-order valence-corrected chi connectivity index (χ4v) is 7.50. The molecule has 0 amide bonds. The molecule has 0 aromatic heterocycles. The van der Waals surface area contributed by atoms with Gasteiger partial charge in [-0.2, -0.15) is 0 Å². The second kappa shape index (κ2) is 15.5. The molecule has 0 radical (unpaired) electrons. The van der Waals surface area contributed by atoms with E-state index in [0.29, 0.717) is 5.56 Å². The molecule has 1 fully saturated rings. The fourth-order valence-electron chi connectivity index (χ4n) is 4.96. The van der Waals surface area contributed by atoms with E-state index in [9.17, 15) is 23.7 Å². The first kappa shape index (κ1) is 35.7. The molecule has 0 N–H and O–H groups in total. The summed E-state index contributed by atoms with van der Waals surface area (Å²) in [5.41, 5.74) is -3.70. The van der Waals surface area contributed by atoms with Gasteiger partial charge in [-0.1, -0.05) is 56.3 Å². The van der Waals surface area contributed by atoms with Crippen molar-refractivity contribution in [2.24, 2.45) is 5.41 Å². The molecule has 3 rings (SSSR count). The third-order valence-corrected chi connectivity index (χ3v) is 8.97. The lowest BCUT2D eigenvalue weighted by atomic mass is 9.83. The second-order valence-electron chi connectivity index (χ2n) is 10.8. The first-order valence-corrected chi connectivity index (χ1v) is 16.5. The summed E-state index contributed by atoms with van der Waals surface area (Å²) in [6, 6.07) is 8.30. The van der Waals surface area contributed by atoms with Gasteiger partial charge in [-0.15, -0.1) is 0 Å². The van der Waals surface area contributed by atoms with Crippen molar-refractivity contribution in [2.45, 2.75) is 54.1 Å². The van der Waals surface area contributed by atoms with E-state index in [0.717, 1.165) is 0 Å². The third-order valence-electron chi connectivity index (χ3n) is 6.80. The van der Waals surface area contributed by atoms with E-state index in [4.69, 9.17) is 28.0 Å². The maximum Gasteiger partial charge on any atom is 0.342 e. The normalized spacial score (nSPS) is 16.1. The molecular formula is C33H41O11P. The summed E-state index contributed by atoms with van der Waals surface area (Å²) in [5, 5.41) is 0. The lowest BCUT2D eigenvalue weighted by Crippen LogP contribution is -2.32. The minimum atomic E-state index is -4.32. The Morgan fingerprint density at radius 2 is 1.16 bits per heavy atom. The van der Waals surface area contributed by atoms with Crippen molar-refractivity contribution in [3.05, 3.63) is 75.4 Å². The molecule has 2 aromatic rings. The van der Waals surface area contributed by atoms with Gasteiger partial charge in [0.25, 0.3) is 0 Å². The predicted octanol–water partition coefficient (Wildman–Crippen LogP) is 6.78. The Morgan fingerprint density at radius 1 is 0.756 bits per heavy atom. The smallest absolute Gasteiger partial charge is 0.342 e. The van der Waals surface area contributed by atoms with Crippen LogP contribution in [0.3, 0.4) is 0 Å². The van der Waals surface area contributed by atoms with Gasteiger partial charge in [0.2, 0.25) is 0 Å². The molecule has 45 heavy (non-hydrogen) atoms. The molecule has 1 aliphatic rings. The van der Waals surface area contributed by atoms with Crippen LogP contribution < -0.4 is 0 Å². The number of carbonyl (C=O) groups excluding carboxylic acids is 4. The number of benzene rings is 2. The van der Waals surface area contributed by atoms with Crippen LogP contribution in [-0.2, 0) is 32.6 Å². The van der Waals surface area contributed by atoms with E-state index in [1.807, 2.05) is 13.8 Å². The maximum absolute atomic E-state index is 14.9. The van der Waals surface area contributed by atoms with Gasteiger partial charge in [-0.3, -0.25) is 4.57 Å². The molecular weight excluding hydrogens is 603 g/mol. The van der Waals surface area contributed by atoms with Crippen molar-refractivity contribution < 1.29 is 51.7 Å². The minimum Gasteiger partial charge on any atom is -0.462 e. The molecule has 1 heterocycles. The zero-order valence-corrected chi connectivity index (χ0v) is 27.7. The van der Waals surface area contributed by atoms with E-state index in [-0.39, 0.29) is 61.9 Å². The average molecular weight is 645 g/mol. The SMILES string of the molecule is C/C=C/c1c(C(=O)OCC)c(C(=O)OCC)c(C(c2ccccc2)P2(=O)OCC(C)(C)CO2)c(C(=O)OCC)c1C(=O)OCC. The molecule has 0 saturated carbocycles. The lowest BCUT2D eigenvalue weighted by Gasteiger charge is -2.38. The standard InChI is InChI=1S/C33H41O11P/c1-8-16-22-23(29(34)39-9-2)26(31(36)41-11-4)25(27(32(37)42-12-5)24(22)30(35)40-10-3)28(21-17-14-13-15-18-21)45(38)43-19-33(6,7)20-44-45/h8,13-18,28H,9-12,19-20H2,1-7H3/b16-8+. The largest absolute Gasteiger partial charge is 0.462 e. The number of ether oxygens (including phenoxy) is 4. The first-order valence-electron chi connectivity index (χ1n) is 14.9. The van der Waals surface area contributed by atoms with E-state index in [2.05, 4.69) is 0 Å². The Labute approximate surface area is 263 Å². The molecule has 0 aliphatic carbocycles. The van der Waals surface area contributed by atoms with Crippen LogP contribution in [0.25, 0.3) is 6.08 Å². The average Bonchev–Trinajstić information content (AvgIpc) is 3.00. The van der Waals surface area contributed by atoms with Gasteiger partial charge in [0.1, 0.15) is 5.66 Å². The highest BCUT2D eigenvalue weighted by atomic mass is 31.2. The first-order chi connectivity index (χ1) is 21.4. The summed E-state index contributed by atoms with van der Waals surface area (Å²) in [4.78, 5) is 55.6. The quantitative estimate of drug-likeness (QED) is 0.137. The van der Waals surface area contributed by atoms with Gasteiger partial charge in [0.05, 0.1) is 61.9 Å². The van der Waals surface area contributed by atoms with Crippen LogP contribution in [0.5, 0.6) is 0 Å². The van der Waals surface area contributed by atoms with Gasteiger partial charge >= 0.3 is 31.5 Å². The van der Waals surface area contributed by atoms with E-state index < -0.39 is 53.7 Å². The molecule has 0 spiro atoms. The highest BCUT2D eigenvalue weighted by Gasteiger charge is 2.50. The minimum absolute atomic E-state index is 0.0171. The number of esters is 4. The van der Waals surface area contributed by atoms with Gasteiger partial charge in [-0.05, 0) is 40.2 Å². The Kier molecular flexibility index (Phi) is 12.3. The number of hydrogen-bond acceptors (Lipinski definition) is 11. The molecule has 1 atom stereocenters. The van der Waals surface area contributed by atoms with Gasteiger partial charge in [-0.25, -0.2) is 19.2 Å².